The average molecular weight is 374 g/mol. The number of nitrogens with one attached hydrogen (secondary N) is 2. The van der Waals surface area contributed by atoms with Crippen LogP contribution >= 0.6 is 0 Å². The molecule has 0 spiro atoms. The first-order chi connectivity index (χ1) is 12.7. The van der Waals surface area contributed by atoms with Crippen molar-refractivity contribution < 1.29 is 19.1 Å². The molecule has 2 aromatic rings. The molecule has 0 aliphatic rings. The first-order valence-corrected chi connectivity index (χ1v) is 8.44. The van der Waals surface area contributed by atoms with Gasteiger partial charge in [0.15, 0.2) is 6.10 Å². The minimum Gasteiger partial charge on any atom is -0.452 e. The maximum atomic E-state index is 12.2. The van der Waals surface area contributed by atoms with Gasteiger partial charge in [-0.2, -0.15) is 5.10 Å². The Morgan fingerprint density at radius 1 is 1.15 bits per heavy atom. The summed E-state index contributed by atoms with van der Waals surface area (Å²) in [5.74, 6) is -1.43. The fourth-order valence-corrected chi connectivity index (χ4v) is 2.45. The van der Waals surface area contributed by atoms with E-state index in [4.69, 9.17) is 4.74 Å². The second-order valence-electron chi connectivity index (χ2n) is 6.35. The number of ether oxygens (including phenoxy) is 1. The molecule has 9 nitrogen and oxygen atoms in total. The molecule has 0 aliphatic heterocycles. The fourth-order valence-electron chi connectivity index (χ4n) is 2.45. The number of imide groups is 1. The molecule has 0 aliphatic carbocycles. The number of fused-ring (bicyclic) bond motifs is 1. The Labute approximate surface area is 155 Å². The van der Waals surface area contributed by atoms with E-state index in [1.165, 1.54) is 14.0 Å². The lowest BCUT2D eigenvalue weighted by atomic mass is 10.1. The molecule has 0 fully saturated rings. The van der Waals surface area contributed by atoms with Gasteiger partial charge in [-0.25, -0.2) is 9.48 Å². The van der Waals surface area contributed by atoms with Crippen LogP contribution < -0.4 is 16.2 Å². The Hall–Kier alpha value is -3.23. The lowest BCUT2D eigenvalue weighted by Gasteiger charge is -2.14. The molecule has 2 N–H and O–H groups in total. The highest BCUT2D eigenvalue weighted by Crippen LogP contribution is 2.14. The molecule has 0 bridgehead atoms. The third kappa shape index (κ3) is 5.13. The van der Waals surface area contributed by atoms with Gasteiger partial charge >= 0.3 is 12.0 Å². The van der Waals surface area contributed by atoms with Gasteiger partial charge in [0.2, 0.25) is 0 Å². The Bertz CT molecular complexity index is 935. The van der Waals surface area contributed by atoms with Crippen molar-refractivity contribution in [2.75, 3.05) is 0 Å². The SMILES string of the molecule is CC(C)NC(=O)NC(=O)C(C)OC(=O)Cc1nn(C)c(=O)c2ccccc12. The summed E-state index contributed by atoms with van der Waals surface area (Å²) in [6.07, 6.45) is -1.38. The molecule has 1 atom stereocenters. The topological polar surface area (TPSA) is 119 Å². The first kappa shape index (κ1) is 20.1. The van der Waals surface area contributed by atoms with Crippen LogP contribution in [0.1, 0.15) is 26.5 Å². The van der Waals surface area contributed by atoms with Gasteiger partial charge < -0.3 is 10.1 Å². The van der Waals surface area contributed by atoms with Crippen molar-refractivity contribution in [3.63, 3.8) is 0 Å². The lowest BCUT2D eigenvalue weighted by molar-refractivity contribution is -0.153. The van der Waals surface area contributed by atoms with Crippen molar-refractivity contribution in [3.8, 4) is 0 Å². The van der Waals surface area contributed by atoms with Crippen molar-refractivity contribution in [2.24, 2.45) is 7.05 Å². The number of amides is 3. The smallest absolute Gasteiger partial charge is 0.321 e. The minimum absolute atomic E-state index is 0.139. The second-order valence-corrected chi connectivity index (χ2v) is 6.35. The Balaban J connectivity index is 2.07. The molecule has 0 saturated carbocycles. The summed E-state index contributed by atoms with van der Waals surface area (Å²) >= 11 is 0. The van der Waals surface area contributed by atoms with Gasteiger partial charge in [-0.05, 0) is 26.8 Å². The molecule has 27 heavy (non-hydrogen) atoms. The maximum absolute atomic E-state index is 12.2. The highest BCUT2D eigenvalue weighted by atomic mass is 16.5. The number of hydrogen-bond acceptors (Lipinski definition) is 6. The standard InChI is InChI=1S/C18H22N4O5/c1-10(2)19-18(26)20-16(24)11(3)27-15(23)9-14-12-7-5-6-8-13(12)17(25)22(4)21-14/h5-8,10-11H,9H2,1-4H3,(H2,19,20,24,26). The minimum atomic E-state index is -1.16. The summed E-state index contributed by atoms with van der Waals surface area (Å²) in [7, 11) is 1.49. The van der Waals surface area contributed by atoms with Crippen LogP contribution in [0.4, 0.5) is 4.79 Å². The number of carbonyl (C=O) groups is 3. The van der Waals surface area contributed by atoms with Gasteiger partial charge in [-0.1, -0.05) is 18.2 Å². The molecule has 0 saturated heterocycles. The van der Waals surface area contributed by atoms with Crippen LogP contribution in [0.15, 0.2) is 29.1 Å². The molecule has 2 rings (SSSR count). The van der Waals surface area contributed by atoms with Gasteiger partial charge in [0.25, 0.3) is 11.5 Å². The summed E-state index contributed by atoms with van der Waals surface area (Å²) in [6.45, 7) is 4.86. The summed E-state index contributed by atoms with van der Waals surface area (Å²) in [5.41, 5.74) is 0.0921. The Morgan fingerprint density at radius 3 is 2.41 bits per heavy atom. The van der Waals surface area contributed by atoms with Gasteiger partial charge in [0.05, 0.1) is 17.5 Å². The number of esters is 1. The third-order valence-corrected chi connectivity index (χ3v) is 3.68. The van der Waals surface area contributed by atoms with E-state index in [1.807, 2.05) is 0 Å². The molecule has 1 aromatic carbocycles. The number of hydrogen-bond donors (Lipinski definition) is 2. The molecular formula is C18H22N4O5. The number of aromatic nitrogens is 2. The van der Waals surface area contributed by atoms with E-state index in [2.05, 4.69) is 15.7 Å². The van der Waals surface area contributed by atoms with E-state index in [0.29, 0.717) is 16.5 Å². The summed E-state index contributed by atoms with van der Waals surface area (Å²) in [5, 5.41) is 9.70. The highest BCUT2D eigenvalue weighted by Gasteiger charge is 2.21. The van der Waals surface area contributed by atoms with E-state index in [9.17, 15) is 19.2 Å². The van der Waals surface area contributed by atoms with Crippen LogP contribution in [0.3, 0.4) is 0 Å². The zero-order valence-corrected chi connectivity index (χ0v) is 15.6. The van der Waals surface area contributed by atoms with Gasteiger partial charge in [0.1, 0.15) is 0 Å². The van der Waals surface area contributed by atoms with Crippen molar-refractivity contribution in [2.45, 2.75) is 39.3 Å². The Kier molecular flexibility index (Phi) is 6.27. The largest absolute Gasteiger partial charge is 0.452 e. The van der Waals surface area contributed by atoms with E-state index >= 15 is 0 Å². The highest BCUT2D eigenvalue weighted by molar-refractivity contribution is 5.97. The number of nitrogens with zero attached hydrogens (tertiary/aromatic N) is 2. The average Bonchev–Trinajstić information content (AvgIpc) is 2.58. The number of urea groups is 1. The molecule has 144 valence electrons. The van der Waals surface area contributed by atoms with Crippen LogP contribution in [-0.4, -0.2) is 39.8 Å². The van der Waals surface area contributed by atoms with Gasteiger partial charge in [-0.15, -0.1) is 0 Å². The quantitative estimate of drug-likeness (QED) is 0.742. The monoisotopic (exact) mass is 374 g/mol. The first-order valence-electron chi connectivity index (χ1n) is 8.44. The van der Waals surface area contributed by atoms with Crippen molar-refractivity contribution in [3.05, 3.63) is 40.3 Å². The molecule has 0 radical (unpaired) electrons. The molecule has 1 heterocycles. The van der Waals surface area contributed by atoms with Crippen LogP contribution in [-0.2, 0) is 27.8 Å². The van der Waals surface area contributed by atoms with Crippen molar-refractivity contribution in [1.29, 1.82) is 0 Å². The summed E-state index contributed by atoms with van der Waals surface area (Å²) in [6, 6.07) is 6.00. The van der Waals surface area contributed by atoms with Crippen LogP contribution in [0, 0.1) is 0 Å². The molecule has 1 aromatic heterocycles. The lowest BCUT2D eigenvalue weighted by Crippen LogP contribution is -2.46. The third-order valence-electron chi connectivity index (χ3n) is 3.68. The molecule has 9 heteroatoms. The normalized spacial score (nSPS) is 11.9. The van der Waals surface area contributed by atoms with Crippen LogP contribution in [0.25, 0.3) is 10.8 Å². The van der Waals surface area contributed by atoms with Gasteiger partial charge in [0, 0.05) is 18.5 Å². The number of aryl methyl sites for hydroxylation is 1. The van der Waals surface area contributed by atoms with Crippen molar-refractivity contribution >= 4 is 28.7 Å². The molecular weight excluding hydrogens is 352 g/mol. The fraction of sp³-hybridized carbons (Fsp3) is 0.389. The van der Waals surface area contributed by atoms with E-state index in [-0.39, 0.29) is 18.0 Å². The summed E-state index contributed by atoms with van der Waals surface area (Å²) in [4.78, 5) is 47.8. The summed E-state index contributed by atoms with van der Waals surface area (Å²) < 4.78 is 6.23. The predicted molar refractivity (Wildman–Crippen MR) is 98.1 cm³/mol. The molecule has 1 unspecified atom stereocenters. The van der Waals surface area contributed by atoms with E-state index < -0.39 is 24.0 Å². The second kappa shape index (κ2) is 8.43. The maximum Gasteiger partial charge on any atom is 0.321 e. The number of carbonyl (C=O) groups excluding carboxylic acids is 3. The predicted octanol–water partition coefficient (Wildman–Crippen LogP) is 0.642. The zero-order chi connectivity index (χ0) is 20.1. The van der Waals surface area contributed by atoms with Crippen LogP contribution in [0.2, 0.25) is 0 Å². The molecule has 3 amide bonds. The number of rotatable bonds is 5. The van der Waals surface area contributed by atoms with Gasteiger partial charge in [-0.3, -0.25) is 19.7 Å². The Morgan fingerprint density at radius 2 is 1.78 bits per heavy atom. The zero-order valence-electron chi connectivity index (χ0n) is 15.6. The van der Waals surface area contributed by atoms with E-state index in [1.54, 1.807) is 38.1 Å². The van der Waals surface area contributed by atoms with Crippen LogP contribution in [0.5, 0.6) is 0 Å². The number of benzene rings is 1. The van der Waals surface area contributed by atoms with E-state index in [0.717, 1.165) is 4.68 Å². The van der Waals surface area contributed by atoms with Crippen molar-refractivity contribution in [1.82, 2.24) is 20.4 Å².